The highest BCUT2D eigenvalue weighted by Gasteiger charge is 2.39. The minimum absolute atomic E-state index is 0.220. The zero-order chi connectivity index (χ0) is 22.0. The van der Waals surface area contributed by atoms with Crippen LogP contribution in [-0.4, -0.2) is 26.3 Å². The van der Waals surface area contributed by atoms with Crippen LogP contribution in [0.15, 0.2) is 0 Å². The Bertz CT molecular complexity index is 700. The number of rotatable bonds is 3. The van der Waals surface area contributed by atoms with Gasteiger partial charge < -0.3 is 0 Å². The van der Waals surface area contributed by atoms with E-state index in [1.807, 2.05) is 0 Å². The zero-order valence-electron chi connectivity index (χ0n) is 14.6. The fourth-order valence-corrected chi connectivity index (χ4v) is 5.88. The van der Waals surface area contributed by atoms with Crippen molar-refractivity contribution in [1.82, 2.24) is 0 Å². The van der Waals surface area contributed by atoms with Gasteiger partial charge in [-0.1, -0.05) is 0 Å². The van der Waals surface area contributed by atoms with Crippen LogP contribution < -0.4 is 0 Å². The normalized spacial score (nSPS) is 17.2. The third kappa shape index (κ3) is 6.22. The van der Waals surface area contributed by atoms with Crippen LogP contribution >= 0.6 is 67.8 Å². The summed E-state index contributed by atoms with van der Waals surface area (Å²) in [6, 6.07) is 0. The average Bonchev–Trinajstić information content (AvgIpc) is 2.50. The molecular formula is C12H12I3N3O10. The number of nitrogens with zero attached hydrogens (tertiary/aromatic N) is 3. The predicted octanol–water partition coefficient (Wildman–Crippen LogP) is 4.59. The second-order valence-corrected chi connectivity index (χ2v) is 9.13. The first-order chi connectivity index (χ1) is 12.6. The van der Waals surface area contributed by atoms with E-state index in [0.29, 0.717) is 0 Å². The minimum Gasteiger partial charge on any atom is -0.258 e. The summed E-state index contributed by atoms with van der Waals surface area (Å²) in [5, 5.41) is 32.6. The lowest BCUT2D eigenvalue weighted by Gasteiger charge is -2.35. The summed E-state index contributed by atoms with van der Waals surface area (Å²) >= 11 is 4.34. The minimum atomic E-state index is -0.861. The lowest BCUT2D eigenvalue weighted by molar-refractivity contribution is -0.644. The SMILES string of the molecule is CC1(C)OOC(C)(C)OO1.O=[N+]([O-])c1c(I)c([N+](=O)[O-])c(I)c([N+](=O)[O-])c1I. The van der Waals surface area contributed by atoms with E-state index in [1.54, 1.807) is 27.7 Å². The van der Waals surface area contributed by atoms with Crippen LogP contribution in [0.5, 0.6) is 0 Å². The van der Waals surface area contributed by atoms with Gasteiger partial charge in [-0.2, -0.15) is 19.6 Å². The molecule has 0 N–H and O–H groups in total. The third-order valence-corrected chi connectivity index (χ3v) is 5.75. The van der Waals surface area contributed by atoms with Crippen LogP contribution in [0.2, 0.25) is 0 Å². The molecule has 28 heavy (non-hydrogen) atoms. The molecule has 1 aromatic rings. The highest BCUT2D eigenvalue weighted by molar-refractivity contribution is 14.1. The molecule has 0 radical (unpaired) electrons. The molecule has 1 saturated heterocycles. The molecule has 0 atom stereocenters. The molecule has 0 bridgehead atoms. The van der Waals surface area contributed by atoms with Gasteiger partial charge in [-0.3, -0.25) is 30.3 Å². The van der Waals surface area contributed by atoms with Gasteiger partial charge >= 0.3 is 17.1 Å². The van der Waals surface area contributed by atoms with E-state index in [1.165, 1.54) is 67.8 Å². The monoisotopic (exact) mass is 739 g/mol. The number of benzene rings is 1. The standard InChI is InChI=1S/C6I3N3O6.C6H12O4/c7-1-4(10(13)14)2(8)6(12(17)18)3(9)5(1)11(15)16;1-5(2)7-9-6(3,4)10-8-5/h;1-4H3. The molecule has 1 aromatic carbocycles. The summed E-state index contributed by atoms with van der Waals surface area (Å²) in [6.07, 6.45) is 0. The first-order valence-electron chi connectivity index (χ1n) is 6.98. The van der Waals surface area contributed by atoms with E-state index < -0.39 is 43.4 Å². The number of hydrogen-bond donors (Lipinski definition) is 0. The Morgan fingerprint density at radius 1 is 0.607 bits per heavy atom. The summed E-state index contributed by atoms with van der Waals surface area (Å²) in [4.78, 5) is 49.3. The molecule has 0 aromatic heterocycles. The second kappa shape index (κ2) is 9.51. The maximum Gasteiger partial charge on any atom is 0.309 e. The maximum atomic E-state index is 10.9. The van der Waals surface area contributed by atoms with E-state index in [-0.39, 0.29) is 10.7 Å². The molecule has 0 saturated carbocycles. The van der Waals surface area contributed by atoms with Gasteiger partial charge in [0.15, 0.2) is 10.7 Å². The smallest absolute Gasteiger partial charge is 0.258 e. The Morgan fingerprint density at radius 3 is 0.929 bits per heavy atom. The fraction of sp³-hybridized carbons (Fsp3) is 0.500. The van der Waals surface area contributed by atoms with E-state index >= 15 is 0 Å². The lowest BCUT2D eigenvalue weighted by Crippen LogP contribution is -2.44. The number of nitro groups is 3. The third-order valence-electron chi connectivity index (χ3n) is 2.68. The summed E-state index contributed by atoms with van der Waals surface area (Å²) in [6.45, 7) is 6.79. The Balaban J connectivity index is 0.000000330. The van der Waals surface area contributed by atoms with Crippen molar-refractivity contribution in [3.63, 3.8) is 0 Å². The van der Waals surface area contributed by atoms with E-state index in [0.717, 1.165) is 0 Å². The van der Waals surface area contributed by atoms with Crippen molar-refractivity contribution >= 4 is 84.8 Å². The molecule has 2 rings (SSSR count). The second-order valence-electron chi connectivity index (χ2n) is 5.89. The number of halogens is 3. The summed E-state index contributed by atoms with van der Waals surface area (Å²) in [7, 11) is 0. The van der Waals surface area contributed by atoms with Gasteiger partial charge in [-0.25, -0.2) is 0 Å². The molecule has 16 heteroatoms. The topological polar surface area (TPSA) is 166 Å². The van der Waals surface area contributed by atoms with Crippen LogP contribution in [0.1, 0.15) is 27.7 Å². The molecule has 13 nitrogen and oxygen atoms in total. The summed E-state index contributed by atoms with van der Waals surface area (Å²) in [5.74, 6) is -1.62. The number of nitro benzene ring substituents is 3. The van der Waals surface area contributed by atoms with Gasteiger partial charge in [0.25, 0.3) is 0 Å². The van der Waals surface area contributed by atoms with Crippen LogP contribution in [0.25, 0.3) is 0 Å². The highest BCUT2D eigenvalue weighted by Crippen LogP contribution is 2.44. The molecule has 0 aliphatic carbocycles. The summed E-state index contributed by atoms with van der Waals surface area (Å²) in [5.41, 5.74) is -1.85. The molecule has 0 spiro atoms. The highest BCUT2D eigenvalue weighted by atomic mass is 127. The van der Waals surface area contributed by atoms with Crippen molar-refractivity contribution in [2.45, 2.75) is 39.3 Å². The molecule has 156 valence electrons. The first kappa shape index (κ1) is 25.5. The van der Waals surface area contributed by atoms with Crippen molar-refractivity contribution in [2.75, 3.05) is 0 Å². The fourth-order valence-electron chi connectivity index (χ4n) is 1.54. The van der Waals surface area contributed by atoms with Crippen LogP contribution in [-0.2, 0) is 19.6 Å². The van der Waals surface area contributed by atoms with Crippen LogP contribution in [0, 0.1) is 41.1 Å². The molecule has 1 aliphatic rings. The zero-order valence-corrected chi connectivity index (χ0v) is 21.0. The largest absolute Gasteiger partial charge is 0.309 e. The summed E-state index contributed by atoms with van der Waals surface area (Å²) < 4.78 is -0.661. The molecule has 0 unspecified atom stereocenters. The van der Waals surface area contributed by atoms with Gasteiger partial charge in [0.1, 0.15) is 0 Å². The quantitative estimate of drug-likeness (QED) is 0.185. The van der Waals surface area contributed by atoms with Crippen molar-refractivity contribution in [3.05, 3.63) is 41.1 Å². The molecule has 0 amide bonds. The van der Waals surface area contributed by atoms with E-state index in [9.17, 15) is 30.3 Å². The first-order valence-corrected chi connectivity index (χ1v) is 10.2. The van der Waals surface area contributed by atoms with Crippen molar-refractivity contribution < 1.29 is 34.3 Å². The van der Waals surface area contributed by atoms with Gasteiger partial charge in [0.2, 0.25) is 11.6 Å². The predicted molar refractivity (Wildman–Crippen MR) is 117 cm³/mol. The van der Waals surface area contributed by atoms with Crippen molar-refractivity contribution in [1.29, 1.82) is 0 Å². The molecule has 1 fully saturated rings. The molecular weight excluding hydrogens is 727 g/mol. The van der Waals surface area contributed by atoms with Gasteiger partial charge in [0, 0.05) is 0 Å². The van der Waals surface area contributed by atoms with Crippen LogP contribution in [0.4, 0.5) is 17.1 Å². The average molecular weight is 739 g/mol. The van der Waals surface area contributed by atoms with Gasteiger partial charge in [-0.15, -0.1) is 0 Å². The van der Waals surface area contributed by atoms with E-state index in [2.05, 4.69) is 0 Å². The Hall–Kier alpha value is -0.550. The number of hydrogen-bond acceptors (Lipinski definition) is 10. The van der Waals surface area contributed by atoms with Crippen molar-refractivity contribution in [3.8, 4) is 0 Å². The Morgan fingerprint density at radius 2 is 0.786 bits per heavy atom. The molecule has 1 heterocycles. The Labute approximate surface area is 198 Å². The molecule has 1 aliphatic heterocycles. The van der Waals surface area contributed by atoms with Gasteiger partial charge in [-0.05, 0) is 95.5 Å². The van der Waals surface area contributed by atoms with Gasteiger partial charge in [0.05, 0.1) is 14.8 Å². The maximum absolute atomic E-state index is 10.9. The van der Waals surface area contributed by atoms with Crippen molar-refractivity contribution in [2.24, 2.45) is 0 Å². The van der Waals surface area contributed by atoms with E-state index in [4.69, 9.17) is 19.6 Å². The van der Waals surface area contributed by atoms with Crippen LogP contribution in [0.3, 0.4) is 0 Å². The Kier molecular flexibility index (Phi) is 8.65. The lowest BCUT2D eigenvalue weighted by atomic mass is 10.2.